The van der Waals surface area contributed by atoms with Gasteiger partial charge >= 0.3 is 0 Å². The van der Waals surface area contributed by atoms with Crippen molar-refractivity contribution in [1.29, 1.82) is 0 Å². The van der Waals surface area contributed by atoms with Crippen LogP contribution in [0.4, 0.5) is 0 Å². The van der Waals surface area contributed by atoms with E-state index in [9.17, 15) is 5.11 Å². The summed E-state index contributed by atoms with van der Waals surface area (Å²) < 4.78 is 0.967. The van der Waals surface area contributed by atoms with Gasteiger partial charge in [0.15, 0.2) is 0 Å². The molecule has 16 heavy (non-hydrogen) atoms. The second-order valence-electron chi connectivity index (χ2n) is 3.60. The first kappa shape index (κ1) is 12.1. The van der Waals surface area contributed by atoms with Crippen molar-refractivity contribution < 1.29 is 5.11 Å². The van der Waals surface area contributed by atoms with Crippen molar-refractivity contribution in [3.05, 3.63) is 55.1 Å². The van der Waals surface area contributed by atoms with Crippen molar-refractivity contribution in [3.63, 3.8) is 0 Å². The predicted molar refractivity (Wildman–Crippen MR) is 72.3 cm³/mol. The first-order valence-electron chi connectivity index (χ1n) is 4.76. The number of hydrogen-bond donors (Lipinski definition) is 1. The zero-order chi connectivity index (χ0) is 11.7. The standard InChI is InChI=1S/C12H10BrClOS/c1-7-4-8(6-9(13)5-7)11(15)12-10(14)2-3-16-12/h2-6,11,15H,1H3. The smallest absolute Gasteiger partial charge is 0.115 e. The number of benzene rings is 1. The maximum absolute atomic E-state index is 10.2. The van der Waals surface area contributed by atoms with E-state index in [1.165, 1.54) is 11.3 Å². The summed E-state index contributed by atoms with van der Waals surface area (Å²) in [7, 11) is 0. The van der Waals surface area contributed by atoms with Crippen molar-refractivity contribution in [2.75, 3.05) is 0 Å². The number of hydrogen-bond acceptors (Lipinski definition) is 2. The van der Waals surface area contributed by atoms with E-state index in [-0.39, 0.29) is 0 Å². The number of rotatable bonds is 2. The SMILES string of the molecule is Cc1cc(Br)cc(C(O)c2sccc2Cl)c1. The summed E-state index contributed by atoms with van der Waals surface area (Å²) in [5.41, 5.74) is 1.97. The van der Waals surface area contributed by atoms with E-state index in [1.54, 1.807) is 6.07 Å². The lowest BCUT2D eigenvalue weighted by molar-refractivity contribution is 0.224. The largest absolute Gasteiger partial charge is 0.383 e. The van der Waals surface area contributed by atoms with Gasteiger partial charge in [0.1, 0.15) is 6.10 Å². The normalized spacial score (nSPS) is 12.8. The highest BCUT2D eigenvalue weighted by Crippen LogP contribution is 2.33. The van der Waals surface area contributed by atoms with Crippen LogP contribution in [0, 0.1) is 6.92 Å². The third-order valence-electron chi connectivity index (χ3n) is 2.27. The second kappa shape index (κ2) is 4.88. The summed E-state index contributed by atoms with van der Waals surface area (Å²) in [6.45, 7) is 2.00. The maximum Gasteiger partial charge on any atom is 0.115 e. The molecule has 1 unspecified atom stereocenters. The number of aryl methyl sites for hydroxylation is 1. The molecule has 0 aliphatic heterocycles. The Morgan fingerprint density at radius 3 is 2.69 bits per heavy atom. The van der Waals surface area contributed by atoms with Crippen molar-refractivity contribution in [2.24, 2.45) is 0 Å². The Bertz CT molecular complexity index is 489. The summed E-state index contributed by atoms with van der Waals surface area (Å²) in [6, 6.07) is 7.68. The van der Waals surface area contributed by atoms with Gasteiger partial charge in [-0.05, 0) is 41.6 Å². The molecular formula is C12H10BrClOS. The first-order valence-corrected chi connectivity index (χ1v) is 6.81. The molecule has 1 N–H and O–H groups in total. The Morgan fingerprint density at radius 1 is 1.38 bits per heavy atom. The highest BCUT2D eigenvalue weighted by atomic mass is 79.9. The van der Waals surface area contributed by atoms with Crippen molar-refractivity contribution in [2.45, 2.75) is 13.0 Å². The van der Waals surface area contributed by atoms with Gasteiger partial charge < -0.3 is 5.11 Å². The first-order chi connectivity index (χ1) is 7.58. The van der Waals surface area contributed by atoms with Crippen LogP contribution in [0.2, 0.25) is 5.02 Å². The number of halogens is 2. The van der Waals surface area contributed by atoms with Crippen LogP contribution in [0.25, 0.3) is 0 Å². The molecule has 2 aromatic rings. The third-order valence-corrected chi connectivity index (χ3v) is 4.14. The minimum Gasteiger partial charge on any atom is -0.383 e. The molecule has 1 nitrogen and oxygen atoms in total. The number of aliphatic hydroxyl groups is 1. The lowest BCUT2D eigenvalue weighted by Crippen LogP contribution is -1.98. The molecular weight excluding hydrogens is 308 g/mol. The van der Waals surface area contributed by atoms with Gasteiger partial charge in [-0.25, -0.2) is 0 Å². The van der Waals surface area contributed by atoms with Crippen molar-refractivity contribution >= 4 is 38.9 Å². The quantitative estimate of drug-likeness (QED) is 0.861. The van der Waals surface area contributed by atoms with Crippen LogP contribution in [0.15, 0.2) is 34.1 Å². The summed E-state index contributed by atoms with van der Waals surface area (Å²) in [4.78, 5) is 0.791. The molecule has 1 aromatic heterocycles. The molecule has 0 saturated heterocycles. The van der Waals surface area contributed by atoms with Gasteiger partial charge in [0.05, 0.1) is 9.90 Å². The second-order valence-corrected chi connectivity index (χ2v) is 5.87. The summed E-state index contributed by atoms with van der Waals surface area (Å²) in [5, 5.41) is 12.7. The van der Waals surface area contributed by atoms with Crippen LogP contribution < -0.4 is 0 Å². The molecule has 0 aliphatic carbocycles. The molecule has 0 amide bonds. The van der Waals surface area contributed by atoms with Gasteiger partial charge in [-0.3, -0.25) is 0 Å². The number of thiophene rings is 1. The molecule has 0 spiro atoms. The van der Waals surface area contributed by atoms with E-state index in [4.69, 9.17) is 11.6 Å². The highest BCUT2D eigenvalue weighted by molar-refractivity contribution is 9.10. The van der Waals surface area contributed by atoms with Crippen LogP contribution in [-0.4, -0.2) is 5.11 Å². The molecule has 1 aromatic carbocycles. The highest BCUT2D eigenvalue weighted by Gasteiger charge is 2.15. The Hall–Kier alpha value is -0.350. The Morgan fingerprint density at radius 2 is 2.12 bits per heavy atom. The predicted octanol–water partition coefficient (Wildman–Crippen LogP) is 4.55. The van der Waals surface area contributed by atoms with Crippen LogP contribution >= 0.6 is 38.9 Å². The van der Waals surface area contributed by atoms with Gasteiger partial charge in [-0.2, -0.15) is 0 Å². The zero-order valence-corrected chi connectivity index (χ0v) is 11.7. The van der Waals surface area contributed by atoms with Crippen LogP contribution in [0.5, 0.6) is 0 Å². The monoisotopic (exact) mass is 316 g/mol. The third kappa shape index (κ3) is 2.48. The van der Waals surface area contributed by atoms with Crippen LogP contribution in [0.1, 0.15) is 22.1 Å². The van der Waals surface area contributed by atoms with Crippen LogP contribution in [0.3, 0.4) is 0 Å². The molecule has 0 aliphatic rings. The Balaban J connectivity index is 2.41. The molecule has 0 bridgehead atoms. The van der Waals surface area contributed by atoms with Crippen molar-refractivity contribution in [3.8, 4) is 0 Å². The average Bonchev–Trinajstić information content (AvgIpc) is 2.62. The van der Waals surface area contributed by atoms with E-state index < -0.39 is 6.10 Å². The minimum atomic E-state index is -0.649. The van der Waals surface area contributed by atoms with Gasteiger partial charge in [-0.15, -0.1) is 11.3 Å². The van der Waals surface area contributed by atoms with E-state index in [0.29, 0.717) is 5.02 Å². The summed E-state index contributed by atoms with van der Waals surface area (Å²) in [5.74, 6) is 0. The van der Waals surface area contributed by atoms with Crippen LogP contribution in [-0.2, 0) is 0 Å². The maximum atomic E-state index is 10.2. The Kier molecular flexibility index (Phi) is 3.70. The average molecular weight is 318 g/mol. The van der Waals surface area contributed by atoms with Gasteiger partial charge in [-0.1, -0.05) is 33.6 Å². The fourth-order valence-electron chi connectivity index (χ4n) is 1.57. The van der Waals surface area contributed by atoms with E-state index in [1.807, 2.05) is 30.5 Å². The van der Waals surface area contributed by atoms with Gasteiger partial charge in [0, 0.05) is 4.47 Å². The fourth-order valence-corrected chi connectivity index (χ4v) is 3.37. The molecule has 1 atom stereocenters. The fraction of sp³-hybridized carbons (Fsp3) is 0.167. The molecule has 0 fully saturated rings. The summed E-state index contributed by atoms with van der Waals surface area (Å²) >= 11 is 10.9. The van der Waals surface area contributed by atoms with Crippen molar-refractivity contribution in [1.82, 2.24) is 0 Å². The van der Waals surface area contributed by atoms with E-state index in [2.05, 4.69) is 15.9 Å². The lowest BCUT2D eigenvalue weighted by Gasteiger charge is -2.11. The molecule has 0 radical (unpaired) electrons. The molecule has 84 valence electrons. The topological polar surface area (TPSA) is 20.2 Å². The number of aliphatic hydroxyl groups excluding tert-OH is 1. The lowest BCUT2D eigenvalue weighted by atomic mass is 10.1. The Labute approximate surface area is 112 Å². The van der Waals surface area contributed by atoms with Gasteiger partial charge in [0.25, 0.3) is 0 Å². The molecule has 0 saturated carbocycles. The van der Waals surface area contributed by atoms with E-state index >= 15 is 0 Å². The zero-order valence-electron chi connectivity index (χ0n) is 8.58. The summed E-state index contributed by atoms with van der Waals surface area (Å²) in [6.07, 6.45) is -0.649. The molecule has 1 heterocycles. The molecule has 4 heteroatoms. The molecule has 2 rings (SSSR count). The minimum absolute atomic E-state index is 0.620. The van der Waals surface area contributed by atoms with Gasteiger partial charge in [0.2, 0.25) is 0 Å². The van der Waals surface area contributed by atoms with E-state index in [0.717, 1.165) is 20.5 Å².